The molecule has 0 radical (unpaired) electrons. The van der Waals surface area contributed by atoms with Crippen LogP contribution >= 0.6 is 0 Å². The van der Waals surface area contributed by atoms with Gasteiger partial charge in [-0.2, -0.15) is 0 Å². The summed E-state index contributed by atoms with van der Waals surface area (Å²) in [6, 6.07) is 0. The third-order valence-electron chi connectivity index (χ3n) is 1.65. The van der Waals surface area contributed by atoms with Gasteiger partial charge in [-0.1, -0.05) is 5.12 Å². The molecule has 0 bridgehead atoms. The molecule has 0 aromatic heterocycles. The first-order valence-electron chi connectivity index (χ1n) is 2.99. The molecule has 3 nitrogen and oxygen atoms in total. The fraction of sp³-hybridized carbons (Fsp3) is 0.800. The third-order valence-corrected chi connectivity index (χ3v) is 1.65. The van der Waals surface area contributed by atoms with E-state index in [1.807, 2.05) is 0 Å². The van der Waals surface area contributed by atoms with Gasteiger partial charge in [0, 0.05) is 6.54 Å². The molecule has 0 aromatic carbocycles. The average Bonchev–Trinajstić information content (AvgIpc) is 2.18. The predicted molar refractivity (Wildman–Crippen MR) is 28.8 cm³/mol. The largest absolute Gasteiger partial charge is 0.478 e. The summed E-state index contributed by atoms with van der Waals surface area (Å²) in [5.41, 5.74) is 0. The van der Waals surface area contributed by atoms with Crippen molar-refractivity contribution in [2.75, 3.05) is 6.54 Å². The molecular formula is C5H6F3NO2. The maximum Gasteiger partial charge on any atom is 0.362 e. The fourth-order valence-corrected chi connectivity index (χ4v) is 0.970. The van der Waals surface area contributed by atoms with Gasteiger partial charge in [0.2, 0.25) is 0 Å². The zero-order valence-corrected chi connectivity index (χ0v) is 5.43. The molecule has 1 heterocycles. The first-order valence-corrected chi connectivity index (χ1v) is 2.99. The highest BCUT2D eigenvalue weighted by Gasteiger charge is 2.58. The second-order valence-corrected chi connectivity index (χ2v) is 2.32. The highest BCUT2D eigenvalue weighted by Crippen LogP contribution is 2.33. The van der Waals surface area contributed by atoms with Gasteiger partial charge >= 0.3 is 11.8 Å². The van der Waals surface area contributed by atoms with Gasteiger partial charge in [0.25, 0.3) is 0 Å². The van der Waals surface area contributed by atoms with Crippen LogP contribution in [-0.2, 0) is 4.79 Å². The Bertz CT molecular complexity index is 177. The van der Waals surface area contributed by atoms with E-state index < -0.39 is 36.0 Å². The van der Waals surface area contributed by atoms with Gasteiger partial charge in [-0.3, -0.25) is 0 Å². The van der Waals surface area contributed by atoms with E-state index in [2.05, 4.69) is 0 Å². The summed E-state index contributed by atoms with van der Waals surface area (Å²) in [4.78, 5) is 10.0. The van der Waals surface area contributed by atoms with Crippen molar-refractivity contribution >= 4 is 5.97 Å². The van der Waals surface area contributed by atoms with Crippen LogP contribution in [0, 0.1) is 0 Å². The molecular weight excluding hydrogens is 163 g/mol. The lowest BCUT2D eigenvalue weighted by atomic mass is 10.1. The zero-order chi connectivity index (χ0) is 8.65. The Balaban J connectivity index is 2.88. The Morgan fingerprint density at radius 3 is 2.45 bits per heavy atom. The van der Waals surface area contributed by atoms with E-state index in [9.17, 15) is 18.1 Å². The molecule has 6 heteroatoms. The molecule has 11 heavy (non-hydrogen) atoms. The van der Waals surface area contributed by atoms with Crippen LogP contribution in [0.2, 0.25) is 0 Å². The Morgan fingerprint density at radius 2 is 2.27 bits per heavy atom. The van der Waals surface area contributed by atoms with E-state index in [4.69, 9.17) is 5.11 Å². The van der Waals surface area contributed by atoms with E-state index in [0.29, 0.717) is 0 Å². The number of hydrogen-bond acceptors (Lipinski definition) is 2. The van der Waals surface area contributed by atoms with Crippen LogP contribution in [0.15, 0.2) is 0 Å². The van der Waals surface area contributed by atoms with Gasteiger partial charge in [0.05, 0.1) is 0 Å². The van der Waals surface area contributed by atoms with Gasteiger partial charge in [-0.05, 0) is 6.42 Å². The average molecular weight is 169 g/mol. The molecule has 1 saturated heterocycles. The Labute approximate surface area is 60.3 Å². The molecule has 1 rings (SSSR count). The number of rotatable bonds is 1. The summed E-state index contributed by atoms with van der Waals surface area (Å²) in [6.45, 7) is -0.524. The van der Waals surface area contributed by atoms with Crippen molar-refractivity contribution in [2.24, 2.45) is 0 Å². The molecule has 1 aliphatic heterocycles. The summed E-state index contributed by atoms with van der Waals surface area (Å²) < 4.78 is 37.5. The minimum absolute atomic E-state index is 0.431. The van der Waals surface area contributed by atoms with Crippen molar-refractivity contribution in [3.05, 3.63) is 0 Å². The van der Waals surface area contributed by atoms with E-state index in [1.54, 1.807) is 0 Å². The highest BCUT2D eigenvalue weighted by atomic mass is 19.2. The molecule has 1 N–H and O–H groups in total. The standard InChI is InChI=1S/C5H6F3NO2/c6-3-1-2-9(8)5(3,7)4(10)11/h3H,1-2H2,(H,10,11)/t3?,5-/m0/s1. The van der Waals surface area contributed by atoms with Crippen molar-refractivity contribution in [2.45, 2.75) is 18.4 Å². The molecule has 1 unspecified atom stereocenters. The van der Waals surface area contributed by atoms with Crippen LogP contribution in [0.3, 0.4) is 0 Å². The van der Waals surface area contributed by atoms with E-state index in [1.165, 1.54) is 0 Å². The van der Waals surface area contributed by atoms with Gasteiger partial charge in [-0.15, -0.1) is 4.48 Å². The molecule has 0 aromatic rings. The van der Waals surface area contributed by atoms with E-state index in [0.717, 1.165) is 0 Å². The Morgan fingerprint density at radius 1 is 1.73 bits per heavy atom. The molecule has 64 valence electrons. The van der Waals surface area contributed by atoms with Crippen LogP contribution in [-0.4, -0.2) is 34.7 Å². The first-order chi connectivity index (χ1) is 4.99. The van der Waals surface area contributed by atoms with Gasteiger partial charge in [0.1, 0.15) is 0 Å². The second-order valence-electron chi connectivity index (χ2n) is 2.32. The zero-order valence-electron chi connectivity index (χ0n) is 5.43. The number of carbonyl (C=O) groups is 1. The van der Waals surface area contributed by atoms with Crippen LogP contribution in [0.25, 0.3) is 0 Å². The summed E-state index contributed by atoms with van der Waals surface area (Å²) >= 11 is 0. The highest BCUT2D eigenvalue weighted by molar-refractivity contribution is 5.77. The number of aliphatic carboxylic acids is 1. The number of carboxylic acids is 1. The third kappa shape index (κ3) is 0.973. The lowest BCUT2D eigenvalue weighted by molar-refractivity contribution is -0.193. The Hall–Kier alpha value is -0.780. The normalized spacial score (nSPS) is 39.4. The number of hydrogen-bond donors (Lipinski definition) is 1. The molecule has 2 atom stereocenters. The quantitative estimate of drug-likeness (QED) is 0.463. The maximum atomic E-state index is 12.8. The van der Waals surface area contributed by atoms with Crippen molar-refractivity contribution in [3.63, 3.8) is 0 Å². The molecule has 0 aliphatic carbocycles. The number of halogens is 3. The fourth-order valence-electron chi connectivity index (χ4n) is 0.970. The summed E-state index contributed by atoms with van der Waals surface area (Å²) in [5, 5.41) is 7.49. The number of alkyl halides is 2. The van der Waals surface area contributed by atoms with Gasteiger partial charge in [0.15, 0.2) is 6.17 Å². The lowest BCUT2D eigenvalue weighted by Gasteiger charge is -2.19. The SMILES string of the molecule is O=C(O)[C@]1(F)C(F)CCN1F. The summed E-state index contributed by atoms with van der Waals surface area (Å²) in [7, 11) is 0. The topological polar surface area (TPSA) is 40.5 Å². The van der Waals surface area contributed by atoms with Gasteiger partial charge < -0.3 is 5.11 Å². The van der Waals surface area contributed by atoms with Crippen molar-refractivity contribution < 1.29 is 23.2 Å². The van der Waals surface area contributed by atoms with Crippen molar-refractivity contribution in [1.29, 1.82) is 0 Å². The molecule has 1 fully saturated rings. The predicted octanol–water partition coefficient (Wildman–Crippen LogP) is 0.665. The lowest BCUT2D eigenvalue weighted by Crippen LogP contribution is -2.48. The van der Waals surface area contributed by atoms with Crippen LogP contribution in [0.1, 0.15) is 6.42 Å². The second kappa shape index (κ2) is 2.37. The van der Waals surface area contributed by atoms with Gasteiger partial charge in [-0.25, -0.2) is 13.6 Å². The molecule has 0 spiro atoms. The van der Waals surface area contributed by atoms with E-state index >= 15 is 0 Å². The Kier molecular flexibility index (Phi) is 1.79. The smallest absolute Gasteiger partial charge is 0.362 e. The summed E-state index contributed by atoms with van der Waals surface area (Å²) in [5.74, 6) is -5.59. The van der Waals surface area contributed by atoms with Crippen LogP contribution < -0.4 is 0 Å². The minimum Gasteiger partial charge on any atom is -0.478 e. The van der Waals surface area contributed by atoms with Crippen molar-refractivity contribution in [1.82, 2.24) is 5.12 Å². The maximum absolute atomic E-state index is 12.8. The first kappa shape index (κ1) is 8.32. The number of nitrogens with zero attached hydrogens (tertiary/aromatic N) is 1. The summed E-state index contributed by atoms with van der Waals surface area (Å²) in [6.07, 6.45) is -2.72. The molecule has 1 aliphatic rings. The van der Waals surface area contributed by atoms with Crippen molar-refractivity contribution in [3.8, 4) is 0 Å². The minimum atomic E-state index is -3.47. The molecule has 0 saturated carbocycles. The monoisotopic (exact) mass is 169 g/mol. The van der Waals surface area contributed by atoms with E-state index in [-0.39, 0.29) is 0 Å². The number of carboxylic acid groups (broad SMARTS) is 1. The molecule has 0 amide bonds. The van der Waals surface area contributed by atoms with Crippen LogP contribution in [0.4, 0.5) is 13.3 Å². The van der Waals surface area contributed by atoms with Crippen LogP contribution in [0.5, 0.6) is 0 Å².